The molecular weight excluding hydrogens is 1400 g/mol. The Labute approximate surface area is 615 Å². The van der Waals surface area contributed by atoms with Crippen LogP contribution in [0.2, 0.25) is 0 Å². The zero-order valence-corrected chi connectivity index (χ0v) is 62.6. The Bertz CT molecular complexity index is 3150. The van der Waals surface area contributed by atoms with E-state index in [2.05, 4.69) is 26.8 Å². The fraction of sp³-hybridized carbons (Fsp3) is 0.890. The molecule has 0 spiro atoms. The Morgan fingerprint density at radius 2 is 1.08 bits per heavy atom. The molecule has 13 N–H and O–H groups in total. The summed E-state index contributed by atoms with van der Waals surface area (Å²) in [5, 5.41) is 143. The molecule has 4 saturated carbocycles. The number of carbonyl (C=O) groups excluding carboxylic acids is 5. The number of allylic oxidation sites excluding steroid dienone is 2. The summed E-state index contributed by atoms with van der Waals surface area (Å²) in [7, 11) is 1.29. The van der Waals surface area contributed by atoms with Crippen molar-refractivity contribution in [3.63, 3.8) is 0 Å². The number of ether oxygens (including phenoxy) is 14. The van der Waals surface area contributed by atoms with Crippen LogP contribution in [0.25, 0.3) is 0 Å². The number of aliphatic hydroxyl groups is 12. The van der Waals surface area contributed by atoms with Crippen molar-refractivity contribution in [3.05, 3.63) is 11.6 Å². The average molecular weight is 1520 g/mol. The number of hydrogen-bond acceptors (Lipinski definition) is 32. The lowest BCUT2D eigenvalue weighted by molar-refractivity contribution is -0.385. The van der Waals surface area contributed by atoms with Crippen molar-refractivity contribution in [1.82, 2.24) is 0 Å². The number of hydrogen-bond donors (Lipinski definition) is 13. The van der Waals surface area contributed by atoms with Crippen LogP contribution < -0.4 is 0 Å². The molecule has 5 heterocycles. The number of esters is 5. The monoisotopic (exact) mass is 1520 g/mol. The number of carbonyl (C=O) groups is 6. The molecule has 0 aromatic rings. The maximum Gasteiger partial charge on any atom is 0.335 e. The van der Waals surface area contributed by atoms with Crippen molar-refractivity contribution in [2.75, 3.05) is 26.9 Å². The Morgan fingerprint density at radius 3 is 1.64 bits per heavy atom. The summed E-state index contributed by atoms with van der Waals surface area (Å²) in [6.45, 7) is 19.2. The highest BCUT2D eigenvalue weighted by Gasteiger charge is 2.72. The first-order chi connectivity index (χ1) is 49.7. The molecule has 106 heavy (non-hydrogen) atoms. The second kappa shape index (κ2) is 32.4. The Kier molecular flexibility index (Phi) is 25.8. The lowest BCUT2D eigenvalue weighted by atomic mass is 9.33. The van der Waals surface area contributed by atoms with E-state index in [0.29, 0.717) is 44.9 Å². The summed E-state index contributed by atoms with van der Waals surface area (Å²) in [5.74, 6) is -7.84. The van der Waals surface area contributed by atoms with Gasteiger partial charge in [-0.15, -0.1) is 0 Å². The molecule has 10 rings (SSSR count). The molecule has 5 aliphatic carbocycles. The van der Waals surface area contributed by atoms with E-state index in [1.165, 1.54) is 27.9 Å². The van der Waals surface area contributed by atoms with E-state index in [-0.39, 0.29) is 50.5 Å². The number of methoxy groups -OCH3 is 1. The molecule has 0 aromatic heterocycles. The minimum absolute atomic E-state index is 0.0600. The predicted octanol–water partition coefficient (Wildman–Crippen LogP) is -0.173. The predicted molar refractivity (Wildman–Crippen MR) is 357 cm³/mol. The van der Waals surface area contributed by atoms with E-state index in [1.807, 2.05) is 6.92 Å². The van der Waals surface area contributed by atoms with Crippen molar-refractivity contribution >= 4 is 35.8 Å². The van der Waals surface area contributed by atoms with Gasteiger partial charge in [0.1, 0.15) is 85.5 Å². The van der Waals surface area contributed by atoms with Gasteiger partial charge in [0.05, 0.1) is 67.9 Å². The number of fused-ring (bicyclic) bond motifs is 7. The molecule has 33 nitrogen and oxygen atoms in total. The zero-order valence-electron chi connectivity index (χ0n) is 62.6. The third kappa shape index (κ3) is 15.0. The summed E-state index contributed by atoms with van der Waals surface area (Å²) in [6, 6.07) is 0. The quantitative estimate of drug-likeness (QED) is 0.0289. The van der Waals surface area contributed by atoms with Gasteiger partial charge in [-0.25, -0.2) is 4.79 Å². The lowest BCUT2D eigenvalue weighted by Gasteiger charge is -2.71. The molecule has 17 unspecified atom stereocenters. The maximum atomic E-state index is 16.4. The van der Waals surface area contributed by atoms with Crippen LogP contribution >= 0.6 is 0 Å². The highest BCUT2D eigenvalue weighted by molar-refractivity contribution is 5.82. The minimum atomic E-state index is -2.13. The van der Waals surface area contributed by atoms with Crippen molar-refractivity contribution in [2.24, 2.45) is 62.1 Å². The fourth-order valence-electron chi connectivity index (χ4n) is 19.5. The molecule has 33 heteroatoms. The lowest BCUT2D eigenvalue weighted by Crippen LogP contribution is -2.68. The molecule has 5 aliphatic heterocycles. The molecule has 0 bridgehead atoms. The van der Waals surface area contributed by atoms with Gasteiger partial charge in [-0.1, -0.05) is 67.0 Å². The molecule has 0 radical (unpaired) electrons. The van der Waals surface area contributed by atoms with Crippen molar-refractivity contribution in [3.8, 4) is 0 Å². The third-order valence-corrected chi connectivity index (χ3v) is 26.7. The smallest absolute Gasteiger partial charge is 0.335 e. The summed E-state index contributed by atoms with van der Waals surface area (Å²) in [5.41, 5.74) is -4.87. The van der Waals surface area contributed by atoms with Gasteiger partial charge in [0.2, 0.25) is 6.29 Å². The van der Waals surface area contributed by atoms with Gasteiger partial charge in [-0.3, -0.25) is 24.0 Å². The first-order valence-corrected chi connectivity index (χ1v) is 37.4. The Morgan fingerprint density at radius 1 is 0.538 bits per heavy atom. The molecule has 10 aliphatic rings. The van der Waals surface area contributed by atoms with E-state index in [0.717, 1.165) is 5.57 Å². The number of rotatable bonds is 22. The second-order valence-electron chi connectivity index (χ2n) is 32.9. The van der Waals surface area contributed by atoms with Crippen LogP contribution in [0.15, 0.2) is 11.6 Å². The second-order valence-corrected chi connectivity index (χ2v) is 32.9. The standard InChI is InChI=1S/C73H114O33/c1-14-30(3)59(89)100-52-33(6)96-65(57(56(52)104-62-50(85)46(81)44(79)38(28-75)98-62)105-63-51(86)53(42(77)32(5)95-63)101-60(90)31(4)15-2)106-67(92)73-24-22-68(8,66(91)93-13)26-36(73)35-16-17-40-69(9)20-19-41(70(10,29-94-34(7)76)39(69)18-21-72(40,12)71(35,11)23-25-73)99-64-55(48(83)47(82)54(102-64)58(87)88)103-61-49(84)45(80)43(78)37(27-74)97-61/h16,30-33,36-57,61-65,74-75,77-86H,14-15,17-29H2,1-13H3,(H,87,88)/t30-,31-,32?,33?,36?,37?,38?,39?,40?,41-,42-,43-,44+,45?,46?,47-,48?,49?,50?,51?,52+,53?,54?,55-,56?,57?,61-,62-,63-,64+,65-,68-,69-,70-,71+,72+,73-/m0/s1. The van der Waals surface area contributed by atoms with Crippen LogP contribution in [0, 0.1) is 62.1 Å². The maximum absolute atomic E-state index is 16.4. The van der Waals surface area contributed by atoms with Crippen LogP contribution in [0.5, 0.6) is 0 Å². The van der Waals surface area contributed by atoms with E-state index in [9.17, 15) is 90.4 Å². The number of carboxylic acids is 1. The van der Waals surface area contributed by atoms with Gasteiger partial charge in [0.25, 0.3) is 0 Å². The molecule has 37 atom stereocenters. The first-order valence-electron chi connectivity index (χ1n) is 37.4. The van der Waals surface area contributed by atoms with Crippen LogP contribution in [-0.4, -0.2) is 289 Å². The van der Waals surface area contributed by atoms with Crippen LogP contribution in [0.3, 0.4) is 0 Å². The van der Waals surface area contributed by atoms with E-state index in [4.69, 9.17) is 66.3 Å². The van der Waals surface area contributed by atoms with Crippen LogP contribution in [0.4, 0.5) is 0 Å². The van der Waals surface area contributed by atoms with Crippen molar-refractivity contribution in [2.45, 2.75) is 320 Å². The first kappa shape index (κ1) is 84.2. The van der Waals surface area contributed by atoms with Gasteiger partial charge >= 0.3 is 35.8 Å². The van der Waals surface area contributed by atoms with Gasteiger partial charge < -0.3 is 133 Å². The van der Waals surface area contributed by atoms with Gasteiger partial charge in [-0.05, 0) is 132 Å². The highest BCUT2D eigenvalue weighted by Crippen LogP contribution is 2.76. The van der Waals surface area contributed by atoms with E-state index < -0.39 is 259 Å². The van der Waals surface area contributed by atoms with Crippen LogP contribution in [-0.2, 0) is 95.1 Å². The summed E-state index contributed by atoms with van der Waals surface area (Å²) < 4.78 is 86.4. The van der Waals surface area contributed by atoms with Gasteiger partial charge in [-0.2, -0.15) is 0 Å². The van der Waals surface area contributed by atoms with Crippen molar-refractivity contribution in [1.29, 1.82) is 0 Å². The van der Waals surface area contributed by atoms with Gasteiger partial charge in [0, 0.05) is 12.3 Å². The van der Waals surface area contributed by atoms with E-state index >= 15 is 4.79 Å². The molecule has 604 valence electrons. The summed E-state index contributed by atoms with van der Waals surface area (Å²) >= 11 is 0. The zero-order chi connectivity index (χ0) is 78.2. The SMILES string of the molecule is CC[C@H](C)C(=O)OC1C(O)[C@H](OC2C(O[C@@H]3OC(CO)[C@@H](O)C(O)C3O)[C@H](OC(=O)[C@@H](C)CC)C(C)O[C@H]2OC(=O)[C@]23CC[C@](C)(C(=O)OC)CC2C2=CCC4[C@@]5(C)CC[C@H](O[C@@H]6OC(C(=O)O)[C@@H](O)C(O)[C@@H]6O[C@@H]6OC(CO)[C@H](O)C(O)C6O)[C@@](C)(COC(C)=O)C5CC[C@@]4(C)[C@]2(C)CC3)OC(C)[C@@H]1O. The molecule has 5 saturated heterocycles. The molecule has 0 amide bonds. The number of carboxylic acid groups (broad SMARTS) is 1. The Hall–Kier alpha value is -4.28. The molecule has 0 aromatic carbocycles. The topological polar surface area (TPSA) is 495 Å². The van der Waals surface area contributed by atoms with Crippen molar-refractivity contribution < 1.29 is 161 Å². The minimum Gasteiger partial charge on any atom is -0.479 e. The average Bonchev–Trinajstić information content (AvgIpc) is 0.673. The number of aliphatic hydroxyl groups excluding tert-OH is 12. The Balaban J connectivity index is 1.01. The third-order valence-electron chi connectivity index (χ3n) is 26.7. The molecular formula is C73H114O33. The molecule has 9 fully saturated rings. The fourth-order valence-corrected chi connectivity index (χ4v) is 19.5. The number of aliphatic carboxylic acids is 1. The van der Waals surface area contributed by atoms with Gasteiger partial charge in [0.15, 0.2) is 49.6 Å². The largest absolute Gasteiger partial charge is 0.479 e. The van der Waals surface area contributed by atoms with E-state index in [1.54, 1.807) is 34.6 Å². The summed E-state index contributed by atoms with van der Waals surface area (Å²) in [6.07, 6.45) is -40.7. The highest BCUT2D eigenvalue weighted by atomic mass is 16.8. The van der Waals surface area contributed by atoms with Crippen LogP contribution in [0.1, 0.15) is 160 Å². The normalized spacial score (nSPS) is 48.6. The summed E-state index contributed by atoms with van der Waals surface area (Å²) in [4.78, 5) is 83.7.